The van der Waals surface area contributed by atoms with Crippen LogP contribution in [-0.4, -0.2) is 53.7 Å². The van der Waals surface area contributed by atoms with E-state index in [4.69, 9.17) is 9.47 Å². The average Bonchev–Trinajstić information content (AvgIpc) is 3.19. The van der Waals surface area contributed by atoms with E-state index in [1.54, 1.807) is 13.3 Å². The second-order valence-electron chi connectivity index (χ2n) is 9.31. The molecule has 1 aromatic heterocycles. The quantitative estimate of drug-likeness (QED) is 0.552. The van der Waals surface area contributed by atoms with Gasteiger partial charge in [0.15, 0.2) is 0 Å². The number of carbonyl (C=O) groups excluding carboxylic acids is 1. The van der Waals surface area contributed by atoms with Crippen LogP contribution in [0.25, 0.3) is 10.9 Å². The van der Waals surface area contributed by atoms with E-state index in [2.05, 4.69) is 41.9 Å². The van der Waals surface area contributed by atoms with Crippen LogP contribution in [0, 0.1) is 13.8 Å². The first-order valence-electron chi connectivity index (χ1n) is 11.7. The summed E-state index contributed by atoms with van der Waals surface area (Å²) in [6.07, 6.45) is 3.23. The van der Waals surface area contributed by atoms with Crippen molar-refractivity contribution < 1.29 is 14.3 Å². The number of amides is 1. The summed E-state index contributed by atoms with van der Waals surface area (Å²) >= 11 is 0. The van der Waals surface area contributed by atoms with Crippen molar-refractivity contribution in [1.29, 1.82) is 0 Å². The second kappa shape index (κ2) is 9.02. The zero-order valence-corrected chi connectivity index (χ0v) is 19.6. The Bertz CT molecular complexity index is 1150. The Kier molecular flexibility index (Phi) is 5.94. The van der Waals surface area contributed by atoms with E-state index in [1.807, 2.05) is 29.2 Å². The van der Waals surface area contributed by atoms with E-state index in [1.165, 1.54) is 16.7 Å². The third-order valence-corrected chi connectivity index (χ3v) is 6.85. The van der Waals surface area contributed by atoms with Crippen LogP contribution in [0.3, 0.4) is 0 Å². The number of hydrogen-bond donors (Lipinski definition) is 0. The van der Waals surface area contributed by atoms with Gasteiger partial charge in [-0.25, -0.2) is 4.79 Å². The lowest BCUT2D eigenvalue weighted by molar-refractivity contribution is 0.110. The predicted molar refractivity (Wildman–Crippen MR) is 128 cm³/mol. The van der Waals surface area contributed by atoms with Gasteiger partial charge < -0.3 is 14.4 Å². The number of hydrogen-bond acceptors (Lipinski definition) is 5. The van der Waals surface area contributed by atoms with E-state index >= 15 is 0 Å². The average molecular weight is 446 g/mol. The van der Waals surface area contributed by atoms with E-state index < -0.39 is 0 Å². The van der Waals surface area contributed by atoms with Gasteiger partial charge in [-0.15, -0.1) is 0 Å². The molecule has 1 unspecified atom stereocenters. The van der Waals surface area contributed by atoms with E-state index in [9.17, 15) is 4.79 Å². The molecule has 2 fully saturated rings. The summed E-state index contributed by atoms with van der Waals surface area (Å²) in [6, 6.07) is 14.8. The number of benzene rings is 2. The molecule has 2 aliphatic heterocycles. The number of piperidine rings is 1. The first-order valence-corrected chi connectivity index (χ1v) is 11.7. The Labute approximate surface area is 195 Å². The van der Waals surface area contributed by atoms with Gasteiger partial charge in [-0.1, -0.05) is 29.3 Å². The highest BCUT2D eigenvalue weighted by Gasteiger charge is 2.38. The standard InChI is InChI=1S/C27H31N3O3/c1-18-12-19(2)14-20(13-18)16-29-10-7-21(8-11-29)30-17-26(33-27(30)31)23-6-9-28-25-5-4-22(32-3)15-24(23)25/h4-6,9,12-15,21,26H,7-8,10-11,16-17H2,1-3H3. The minimum absolute atomic E-state index is 0.208. The lowest BCUT2D eigenvalue weighted by atomic mass is 10.00. The molecule has 1 amide bonds. The van der Waals surface area contributed by atoms with Crippen LogP contribution in [0.5, 0.6) is 5.75 Å². The summed E-state index contributed by atoms with van der Waals surface area (Å²) < 4.78 is 11.2. The van der Waals surface area contributed by atoms with Crippen LogP contribution in [0.2, 0.25) is 0 Å². The zero-order valence-electron chi connectivity index (χ0n) is 19.6. The molecule has 6 nitrogen and oxygen atoms in total. The number of likely N-dealkylation sites (tertiary alicyclic amines) is 1. The maximum atomic E-state index is 12.8. The summed E-state index contributed by atoms with van der Waals surface area (Å²) in [5.74, 6) is 0.772. The number of carbonyl (C=O) groups is 1. The number of ether oxygens (including phenoxy) is 2. The molecule has 33 heavy (non-hydrogen) atoms. The van der Waals surface area contributed by atoms with Crippen molar-refractivity contribution >= 4 is 17.0 Å². The van der Waals surface area contributed by atoms with E-state index in [-0.39, 0.29) is 18.2 Å². The van der Waals surface area contributed by atoms with Gasteiger partial charge in [-0.05, 0) is 56.5 Å². The molecule has 172 valence electrons. The maximum Gasteiger partial charge on any atom is 0.410 e. The number of cyclic esters (lactones) is 1. The highest BCUT2D eigenvalue weighted by atomic mass is 16.6. The normalized spacial score (nSPS) is 19.8. The van der Waals surface area contributed by atoms with E-state index in [0.717, 1.165) is 54.7 Å². The van der Waals surface area contributed by atoms with Crippen LogP contribution >= 0.6 is 0 Å². The van der Waals surface area contributed by atoms with Gasteiger partial charge >= 0.3 is 6.09 Å². The van der Waals surface area contributed by atoms with Crippen molar-refractivity contribution in [2.45, 2.75) is 45.4 Å². The molecule has 0 aliphatic carbocycles. The second-order valence-corrected chi connectivity index (χ2v) is 9.31. The number of aryl methyl sites for hydroxylation is 2. The van der Waals surface area contributed by atoms with Gasteiger partial charge in [0.2, 0.25) is 0 Å². The van der Waals surface area contributed by atoms with Crippen LogP contribution in [0.15, 0.2) is 48.7 Å². The molecule has 2 saturated heterocycles. The first kappa shape index (κ1) is 21.7. The molecule has 6 heteroatoms. The van der Waals surface area contributed by atoms with Crippen LogP contribution < -0.4 is 4.74 Å². The maximum absolute atomic E-state index is 12.8. The highest BCUT2D eigenvalue weighted by molar-refractivity contribution is 5.84. The fourth-order valence-electron chi connectivity index (χ4n) is 5.30. The van der Waals surface area contributed by atoms with Crippen molar-refractivity contribution in [1.82, 2.24) is 14.8 Å². The number of aromatic nitrogens is 1. The molecule has 0 N–H and O–H groups in total. The summed E-state index contributed by atoms with van der Waals surface area (Å²) in [5.41, 5.74) is 5.86. The van der Waals surface area contributed by atoms with Crippen molar-refractivity contribution in [3.63, 3.8) is 0 Å². The summed E-state index contributed by atoms with van der Waals surface area (Å²) in [5, 5.41) is 0.972. The van der Waals surface area contributed by atoms with Crippen molar-refractivity contribution in [2.75, 3.05) is 26.7 Å². The monoisotopic (exact) mass is 445 g/mol. The van der Waals surface area contributed by atoms with Crippen LogP contribution in [0.1, 0.15) is 41.2 Å². The number of fused-ring (bicyclic) bond motifs is 1. The summed E-state index contributed by atoms with van der Waals surface area (Å²) in [6.45, 7) is 7.83. The molecule has 0 bridgehead atoms. The lowest BCUT2D eigenvalue weighted by Crippen LogP contribution is -2.45. The minimum Gasteiger partial charge on any atom is -0.497 e. The molecular weight excluding hydrogens is 414 g/mol. The molecule has 1 atom stereocenters. The smallest absolute Gasteiger partial charge is 0.410 e. The van der Waals surface area contributed by atoms with Crippen LogP contribution in [-0.2, 0) is 11.3 Å². The van der Waals surface area contributed by atoms with Crippen molar-refractivity contribution in [3.05, 3.63) is 70.9 Å². The third-order valence-electron chi connectivity index (χ3n) is 6.85. The molecular formula is C27H31N3O3. The molecule has 0 spiro atoms. The molecule has 3 aromatic rings. The van der Waals surface area contributed by atoms with Crippen molar-refractivity contribution in [2.24, 2.45) is 0 Å². The fraction of sp³-hybridized carbons (Fsp3) is 0.407. The Morgan fingerprint density at radius 3 is 2.55 bits per heavy atom. The Morgan fingerprint density at radius 2 is 1.82 bits per heavy atom. The molecule has 2 aromatic carbocycles. The van der Waals surface area contributed by atoms with Gasteiger partial charge in [0.25, 0.3) is 0 Å². The van der Waals surface area contributed by atoms with Gasteiger partial charge in [0.1, 0.15) is 11.9 Å². The van der Waals surface area contributed by atoms with E-state index in [0.29, 0.717) is 6.54 Å². The number of nitrogens with zero attached hydrogens (tertiary/aromatic N) is 3. The molecule has 5 rings (SSSR count). The third kappa shape index (κ3) is 4.53. The summed E-state index contributed by atoms with van der Waals surface area (Å²) in [4.78, 5) is 21.7. The first-order chi connectivity index (χ1) is 16.0. The number of rotatable bonds is 5. The molecule has 0 radical (unpaired) electrons. The number of methoxy groups -OCH3 is 1. The molecule has 3 heterocycles. The topological polar surface area (TPSA) is 54.9 Å². The zero-order chi connectivity index (χ0) is 22.9. The Balaban J connectivity index is 1.25. The fourth-order valence-corrected chi connectivity index (χ4v) is 5.30. The SMILES string of the molecule is COc1ccc2nccc(C3CN(C4CCN(Cc5cc(C)cc(C)c5)CC4)C(=O)O3)c2c1. The predicted octanol–water partition coefficient (Wildman–Crippen LogP) is 5.02. The molecule has 2 aliphatic rings. The van der Waals surface area contributed by atoms with Crippen LogP contribution in [0.4, 0.5) is 4.79 Å². The summed E-state index contributed by atoms with van der Waals surface area (Å²) in [7, 11) is 1.65. The van der Waals surface area contributed by atoms with Gasteiger partial charge in [-0.3, -0.25) is 9.88 Å². The van der Waals surface area contributed by atoms with Gasteiger partial charge in [0.05, 0.1) is 19.2 Å². The Hall–Kier alpha value is -3.12. The minimum atomic E-state index is -0.289. The van der Waals surface area contributed by atoms with Crippen molar-refractivity contribution in [3.8, 4) is 5.75 Å². The van der Waals surface area contributed by atoms with Gasteiger partial charge in [0, 0.05) is 42.8 Å². The highest BCUT2D eigenvalue weighted by Crippen LogP contribution is 2.34. The largest absolute Gasteiger partial charge is 0.497 e. The lowest BCUT2D eigenvalue weighted by Gasteiger charge is -2.35. The van der Waals surface area contributed by atoms with Gasteiger partial charge in [-0.2, -0.15) is 0 Å². The number of pyridine rings is 1. The Morgan fingerprint density at radius 1 is 1.06 bits per heavy atom. The molecule has 0 saturated carbocycles.